The van der Waals surface area contributed by atoms with E-state index in [2.05, 4.69) is 0 Å². The first-order valence-electron chi connectivity index (χ1n) is 7.08. The number of para-hydroxylation sites is 1. The highest BCUT2D eigenvalue weighted by Crippen LogP contribution is 2.33. The average molecular weight is 368 g/mol. The Kier molecular flexibility index (Phi) is 5.52. The summed E-state index contributed by atoms with van der Waals surface area (Å²) in [6.45, 7) is 1.91. The zero-order valence-corrected chi connectivity index (χ0v) is 15.0. The first-order chi connectivity index (χ1) is 11.1. The molecule has 0 amide bonds. The van der Waals surface area contributed by atoms with Gasteiger partial charge in [-0.25, -0.2) is 0 Å². The van der Waals surface area contributed by atoms with Crippen LogP contribution >= 0.6 is 11.6 Å². The number of benzene rings is 2. The Morgan fingerprint density at radius 2 is 1.71 bits per heavy atom. The highest BCUT2D eigenvalue weighted by molar-refractivity contribution is 6.32. The topological polar surface area (TPSA) is 22.3 Å². The summed E-state index contributed by atoms with van der Waals surface area (Å²) in [5.41, 5.74) is 1.19. The van der Waals surface area contributed by atoms with Crippen LogP contribution in [-0.2, 0) is 0 Å². The van der Waals surface area contributed by atoms with E-state index in [1.165, 1.54) is 6.07 Å². The molecule has 126 valence electrons. The summed E-state index contributed by atoms with van der Waals surface area (Å²) in [5, 5.41) is 2.27. The fourth-order valence-electron chi connectivity index (χ4n) is 2.70. The second kappa shape index (κ2) is 7.24. The molecular formula is C18H16Cl2FNO2. The normalized spacial score (nSPS) is 10.4. The standard InChI is InChI=1S/C18H16ClFNO2.ClH/c1-11-13-10-17(23-3)16(22-2)9-12(13)7-8-21(11)18-14(19)5-4-6-15(18)20;/h4-10H,1-3H3;1H/q+1;/p-1. The molecule has 24 heavy (non-hydrogen) atoms. The Balaban J connectivity index is 0.00000208. The van der Waals surface area contributed by atoms with E-state index >= 15 is 0 Å². The molecule has 3 nitrogen and oxygen atoms in total. The SMILES string of the molecule is COc1cc2cc[n+](-c3c(F)cccc3Cl)c(C)c2cc1OC.[Cl-]. The number of nitrogens with zero attached hydrogens (tertiary/aromatic N) is 1. The number of pyridine rings is 1. The molecule has 3 rings (SSSR count). The highest BCUT2D eigenvalue weighted by Gasteiger charge is 2.22. The summed E-state index contributed by atoms with van der Waals surface area (Å²) in [6, 6.07) is 10.3. The quantitative estimate of drug-likeness (QED) is 0.650. The third kappa shape index (κ3) is 2.99. The highest BCUT2D eigenvalue weighted by atomic mass is 35.5. The number of aromatic nitrogens is 1. The minimum Gasteiger partial charge on any atom is -1.00 e. The van der Waals surface area contributed by atoms with E-state index in [9.17, 15) is 4.39 Å². The van der Waals surface area contributed by atoms with Crippen LogP contribution in [-0.4, -0.2) is 14.2 Å². The van der Waals surface area contributed by atoms with E-state index in [0.29, 0.717) is 22.2 Å². The molecule has 0 aliphatic rings. The molecule has 2 aromatic carbocycles. The van der Waals surface area contributed by atoms with Crippen molar-refractivity contribution in [2.24, 2.45) is 0 Å². The van der Waals surface area contributed by atoms with Crippen LogP contribution in [0.25, 0.3) is 16.5 Å². The van der Waals surface area contributed by atoms with E-state index in [-0.39, 0.29) is 18.2 Å². The molecule has 6 heteroatoms. The lowest BCUT2D eigenvalue weighted by Crippen LogP contribution is -3.00. The molecule has 1 heterocycles. The van der Waals surface area contributed by atoms with Crippen molar-refractivity contribution in [2.75, 3.05) is 14.2 Å². The Morgan fingerprint density at radius 3 is 2.33 bits per heavy atom. The molecule has 0 radical (unpaired) electrons. The Hall–Kier alpha value is -2.04. The summed E-state index contributed by atoms with van der Waals surface area (Å²) in [6.07, 6.45) is 1.80. The molecule has 1 aromatic heterocycles. The van der Waals surface area contributed by atoms with Gasteiger partial charge in [-0.2, -0.15) is 8.96 Å². The average Bonchev–Trinajstić information content (AvgIpc) is 2.55. The molecule has 0 spiro atoms. The summed E-state index contributed by atoms with van der Waals surface area (Å²) in [5.74, 6) is 0.909. The van der Waals surface area contributed by atoms with Gasteiger partial charge < -0.3 is 21.9 Å². The Bertz CT molecular complexity index is 880. The molecule has 0 saturated heterocycles. The van der Waals surface area contributed by atoms with Gasteiger partial charge in [-0.1, -0.05) is 17.7 Å². The number of halogens is 3. The summed E-state index contributed by atoms with van der Waals surface area (Å²) < 4.78 is 26.7. The van der Waals surface area contributed by atoms with Gasteiger partial charge in [0.15, 0.2) is 29.2 Å². The van der Waals surface area contributed by atoms with Gasteiger partial charge in [-0.05, 0) is 29.7 Å². The zero-order valence-electron chi connectivity index (χ0n) is 13.4. The number of rotatable bonds is 3. The minimum atomic E-state index is -0.370. The minimum absolute atomic E-state index is 0. The van der Waals surface area contributed by atoms with Crippen molar-refractivity contribution in [3.63, 3.8) is 0 Å². The van der Waals surface area contributed by atoms with Gasteiger partial charge in [-0.3, -0.25) is 0 Å². The second-order valence-corrected chi connectivity index (χ2v) is 5.54. The van der Waals surface area contributed by atoms with Crippen LogP contribution in [0.5, 0.6) is 11.5 Å². The molecule has 0 unspecified atom stereocenters. The number of fused-ring (bicyclic) bond motifs is 1. The van der Waals surface area contributed by atoms with Crippen molar-refractivity contribution in [2.45, 2.75) is 6.92 Å². The van der Waals surface area contributed by atoms with Crippen molar-refractivity contribution < 1.29 is 30.8 Å². The number of hydrogen-bond donors (Lipinski definition) is 0. The smallest absolute Gasteiger partial charge is 0.265 e. The first-order valence-corrected chi connectivity index (χ1v) is 7.46. The van der Waals surface area contributed by atoms with Crippen LogP contribution in [0.3, 0.4) is 0 Å². The molecular weight excluding hydrogens is 352 g/mol. The van der Waals surface area contributed by atoms with E-state index in [0.717, 1.165) is 16.5 Å². The molecule has 0 aliphatic carbocycles. The van der Waals surface area contributed by atoms with Crippen LogP contribution in [0.1, 0.15) is 5.69 Å². The number of hydrogen-bond acceptors (Lipinski definition) is 2. The third-order valence-corrected chi connectivity index (χ3v) is 4.19. The Labute approximate surface area is 151 Å². The molecule has 0 atom stereocenters. The fraction of sp³-hybridized carbons (Fsp3) is 0.167. The van der Waals surface area contributed by atoms with Gasteiger partial charge in [0.2, 0.25) is 0 Å². The van der Waals surface area contributed by atoms with Gasteiger partial charge in [0.05, 0.1) is 19.6 Å². The molecule has 0 fully saturated rings. The monoisotopic (exact) mass is 367 g/mol. The van der Waals surface area contributed by atoms with E-state index in [1.54, 1.807) is 37.1 Å². The number of methoxy groups -OCH3 is 2. The van der Waals surface area contributed by atoms with Crippen molar-refractivity contribution in [1.29, 1.82) is 0 Å². The maximum absolute atomic E-state index is 14.2. The van der Waals surface area contributed by atoms with Crippen LogP contribution in [0.15, 0.2) is 42.6 Å². The van der Waals surface area contributed by atoms with E-state index < -0.39 is 0 Å². The fourth-order valence-corrected chi connectivity index (χ4v) is 2.96. The van der Waals surface area contributed by atoms with Gasteiger partial charge in [0.25, 0.3) is 5.69 Å². The first kappa shape index (κ1) is 18.3. The Morgan fingerprint density at radius 1 is 1.04 bits per heavy atom. The lowest BCUT2D eigenvalue weighted by atomic mass is 10.1. The van der Waals surface area contributed by atoms with Crippen LogP contribution in [0.4, 0.5) is 4.39 Å². The van der Waals surface area contributed by atoms with Crippen LogP contribution in [0, 0.1) is 12.7 Å². The summed E-state index contributed by atoms with van der Waals surface area (Å²) in [4.78, 5) is 0. The van der Waals surface area contributed by atoms with Gasteiger partial charge in [0.1, 0.15) is 5.02 Å². The van der Waals surface area contributed by atoms with E-state index in [4.69, 9.17) is 21.1 Å². The summed E-state index contributed by atoms with van der Waals surface area (Å²) >= 11 is 6.19. The molecule has 0 bridgehead atoms. The van der Waals surface area contributed by atoms with Crippen molar-refractivity contribution in [3.8, 4) is 17.2 Å². The maximum Gasteiger partial charge on any atom is 0.265 e. The second-order valence-electron chi connectivity index (χ2n) is 5.14. The van der Waals surface area contributed by atoms with Gasteiger partial charge in [-0.15, -0.1) is 0 Å². The number of ether oxygens (including phenoxy) is 2. The van der Waals surface area contributed by atoms with Crippen LogP contribution in [0.2, 0.25) is 5.02 Å². The molecule has 0 aliphatic heterocycles. The van der Waals surface area contributed by atoms with Crippen molar-refractivity contribution in [1.82, 2.24) is 0 Å². The molecule has 3 aromatic rings. The lowest BCUT2D eigenvalue weighted by Gasteiger charge is -2.10. The molecule has 0 N–H and O–H groups in total. The predicted octanol–water partition coefficient (Wildman–Crippen LogP) is 1.24. The number of aryl methyl sites for hydroxylation is 1. The van der Waals surface area contributed by atoms with Crippen molar-refractivity contribution in [3.05, 3.63) is 59.1 Å². The van der Waals surface area contributed by atoms with E-state index in [1.807, 2.05) is 25.1 Å². The van der Waals surface area contributed by atoms with Gasteiger partial charge in [0, 0.05) is 13.0 Å². The van der Waals surface area contributed by atoms with Crippen molar-refractivity contribution >= 4 is 22.4 Å². The maximum atomic E-state index is 14.2. The zero-order chi connectivity index (χ0) is 16.6. The largest absolute Gasteiger partial charge is 1.00 e. The predicted molar refractivity (Wildman–Crippen MR) is 88.3 cm³/mol. The van der Waals surface area contributed by atoms with Crippen LogP contribution < -0.4 is 26.4 Å². The van der Waals surface area contributed by atoms with Gasteiger partial charge >= 0.3 is 0 Å². The molecule has 0 saturated carbocycles. The lowest BCUT2D eigenvalue weighted by molar-refractivity contribution is -0.602. The summed E-state index contributed by atoms with van der Waals surface area (Å²) in [7, 11) is 3.18. The third-order valence-electron chi connectivity index (χ3n) is 3.89.